The van der Waals surface area contributed by atoms with Gasteiger partial charge in [-0.15, -0.1) is 0 Å². The van der Waals surface area contributed by atoms with Crippen LogP contribution in [0.15, 0.2) is 51.8 Å². The Labute approximate surface area is 151 Å². The topological polar surface area (TPSA) is 63.6 Å². The van der Waals surface area contributed by atoms with E-state index in [0.717, 1.165) is 21.9 Å². The lowest BCUT2D eigenvalue weighted by Crippen LogP contribution is -2.23. The lowest BCUT2D eigenvalue weighted by Gasteiger charge is -2.17. The molecule has 1 unspecified atom stereocenters. The molecule has 0 bridgehead atoms. The van der Waals surface area contributed by atoms with Crippen LogP contribution >= 0.6 is 15.9 Å². The number of hydrogen-bond donors (Lipinski definition) is 1. The Balaban J connectivity index is 2.42. The summed E-state index contributed by atoms with van der Waals surface area (Å²) in [5.74, 6) is 0.287. The summed E-state index contributed by atoms with van der Waals surface area (Å²) in [6.07, 6.45) is 0.485. The summed E-state index contributed by atoms with van der Waals surface area (Å²) in [6, 6.07) is 12.7. The molecule has 0 aliphatic rings. The molecule has 2 aromatic carbocycles. The number of sulfone groups is 1. The van der Waals surface area contributed by atoms with E-state index >= 15 is 0 Å². The van der Waals surface area contributed by atoms with Gasteiger partial charge >= 0.3 is 0 Å². The SMILES string of the molecule is CC(C)C(O)COc1cc(-c2cccc(Br)c2)ccc1S(C)(=O)=O. The highest BCUT2D eigenvalue weighted by molar-refractivity contribution is 9.10. The van der Waals surface area contributed by atoms with Crippen molar-refractivity contribution in [3.05, 3.63) is 46.9 Å². The summed E-state index contributed by atoms with van der Waals surface area (Å²) in [6.45, 7) is 3.80. The molecule has 0 spiro atoms. The summed E-state index contributed by atoms with van der Waals surface area (Å²) in [5, 5.41) is 9.92. The number of benzene rings is 2. The van der Waals surface area contributed by atoms with Crippen molar-refractivity contribution in [1.82, 2.24) is 0 Å². The van der Waals surface area contributed by atoms with Crippen LogP contribution in [0, 0.1) is 5.92 Å². The third-order valence-corrected chi connectivity index (χ3v) is 5.31. The lowest BCUT2D eigenvalue weighted by atomic mass is 10.1. The minimum Gasteiger partial charge on any atom is -0.489 e. The van der Waals surface area contributed by atoms with Crippen LogP contribution in [0.2, 0.25) is 0 Å². The lowest BCUT2D eigenvalue weighted by molar-refractivity contribution is 0.0689. The van der Waals surface area contributed by atoms with Gasteiger partial charge in [-0.25, -0.2) is 8.42 Å². The molecule has 1 N–H and O–H groups in total. The van der Waals surface area contributed by atoms with Gasteiger partial charge in [-0.05, 0) is 41.3 Å². The molecule has 0 radical (unpaired) electrons. The molecule has 0 saturated carbocycles. The molecule has 0 amide bonds. The molecule has 0 fully saturated rings. The van der Waals surface area contributed by atoms with E-state index in [0.29, 0.717) is 0 Å². The fourth-order valence-corrected chi connectivity index (χ4v) is 3.34. The molecule has 0 heterocycles. The summed E-state index contributed by atoms with van der Waals surface area (Å²) < 4.78 is 30.5. The van der Waals surface area contributed by atoms with Crippen molar-refractivity contribution in [3.8, 4) is 16.9 Å². The maximum Gasteiger partial charge on any atom is 0.179 e. The standard InChI is InChI=1S/C18H21BrO4S/c1-12(2)16(20)11-23-17-10-14(7-8-18(17)24(3,21)22)13-5-4-6-15(19)9-13/h4-10,12,16,20H,11H2,1-3H3. The molecule has 2 rings (SSSR count). The molecule has 2 aromatic rings. The van der Waals surface area contributed by atoms with E-state index in [2.05, 4.69) is 15.9 Å². The van der Waals surface area contributed by atoms with Crippen molar-refractivity contribution in [3.63, 3.8) is 0 Å². The van der Waals surface area contributed by atoms with Crippen LogP contribution < -0.4 is 4.74 Å². The number of rotatable bonds is 6. The predicted molar refractivity (Wildman–Crippen MR) is 99.0 cm³/mol. The average Bonchev–Trinajstić information content (AvgIpc) is 2.51. The summed E-state index contributed by atoms with van der Waals surface area (Å²) in [5.41, 5.74) is 1.79. The van der Waals surface area contributed by atoms with E-state index in [9.17, 15) is 13.5 Å². The Morgan fingerprint density at radius 2 is 1.79 bits per heavy atom. The van der Waals surface area contributed by atoms with Gasteiger partial charge in [0.2, 0.25) is 0 Å². The van der Waals surface area contributed by atoms with Gasteiger partial charge in [0.15, 0.2) is 9.84 Å². The van der Waals surface area contributed by atoms with Gasteiger partial charge in [-0.3, -0.25) is 0 Å². The fraction of sp³-hybridized carbons (Fsp3) is 0.333. The van der Waals surface area contributed by atoms with Gasteiger partial charge in [-0.1, -0.05) is 48.0 Å². The van der Waals surface area contributed by atoms with Gasteiger partial charge in [0.05, 0.1) is 6.10 Å². The van der Waals surface area contributed by atoms with Crippen molar-refractivity contribution in [1.29, 1.82) is 0 Å². The van der Waals surface area contributed by atoms with Crippen LogP contribution in [-0.2, 0) is 9.84 Å². The Morgan fingerprint density at radius 1 is 1.12 bits per heavy atom. The van der Waals surface area contributed by atoms with E-state index in [1.54, 1.807) is 18.2 Å². The second-order valence-corrected chi connectivity index (χ2v) is 8.97. The van der Waals surface area contributed by atoms with Gasteiger partial charge in [0, 0.05) is 10.7 Å². The predicted octanol–water partition coefficient (Wildman–Crippen LogP) is 3.92. The molecule has 24 heavy (non-hydrogen) atoms. The first-order valence-electron chi connectivity index (χ1n) is 7.59. The maximum atomic E-state index is 12.0. The second-order valence-electron chi connectivity index (χ2n) is 6.07. The average molecular weight is 413 g/mol. The fourth-order valence-electron chi connectivity index (χ4n) is 2.14. The zero-order chi connectivity index (χ0) is 17.9. The summed E-state index contributed by atoms with van der Waals surface area (Å²) in [7, 11) is -3.42. The van der Waals surface area contributed by atoms with Crippen molar-refractivity contribution < 1.29 is 18.3 Å². The van der Waals surface area contributed by atoms with Gasteiger partial charge in [0.1, 0.15) is 17.3 Å². The van der Waals surface area contributed by atoms with Crippen molar-refractivity contribution in [2.45, 2.75) is 24.8 Å². The molecule has 0 saturated heterocycles. The van der Waals surface area contributed by atoms with Crippen LogP contribution in [0.3, 0.4) is 0 Å². The van der Waals surface area contributed by atoms with Crippen molar-refractivity contribution in [2.75, 3.05) is 12.9 Å². The number of aliphatic hydroxyl groups is 1. The van der Waals surface area contributed by atoms with Crippen LogP contribution in [0.4, 0.5) is 0 Å². The first-order valence-corrected chi connectivity index (χ1v) is 10.3. The van der Waals surface area contributed by atoms with Gasteiger partial charge < -0.3 is 9.84 Å². The third kappa shape index (κ3) is 4.82. The van der Waals surface area contributed by atoms with Crippen molar-refractivity contribution >= 4 is 25.8 Å². The minimum atomic E-state index is -3.42. The Hall–Kier alpha value is -1.37. The second kappa shape index (κ2) is 7.68. The van der Waals surface area contributed by atoms with Crippen molar-refractivity contribution in [2.24, 2.45) is 5.92 Å². The highest BCUT2D eigenvalue weighted by atomic mass is 79.9. The highest BCUT2D eigenvalue weighted by Crippen LogP contribution is 2.31. The van der Waals surface area contributed by atoms with Crippen LogP contribution in [0.25, 0.3) is 11.1 Å². The molecule has 0 aliphatic heterocycles. The Bertz CT molecular complexity index is 816. The molecule has 4 nitrogen and oxygen atoms in total. The molecule has 6 heteroatoms. The van der Waals surface area contributed by atoms with E-state index in [-0.39, 0.29) is 23.2 Å². The molecule has 0 aromatic heterocycles. The third-order valence-electron chi connectivity index (χ3n) is 3.68. The first kappa shape index (κ1) is 19.0. The number of aliphatic hydroxyl groups excluding tert-OH is 1. The zero-order valence-electron chi connectivity index (χ0n) is 13.9. The van der Waals surface area contributed by atoms with E-state index in [4.69, 9.17) is 4.74 Å². The number of halogens is 1. The maximum absolute atomic E-state index is 12.0. The summed E-state index contributed by atoms with van der Waals surface area (Å²) >= 11 is 3.43. The molecular weight excluding hydrogens is 392 g/mol. The van der Waals surface area contributed by atoms with E-state index < -0.39 is 15.9 Å². The molecule has 0 aliphatic carbocycles. The van der Waals surface area contributed by atoms with E-state index in [1.165, 1.54) is 0 Å². The molecule has 130 valence electrons. The Morgan fingerprint density at radius 3 is 2.38 bits per heavy atom. The monoisotopic (exact) mass is 412 g/mol. The van der Waals surface area contributed by atoms with Gasteiger partial charge in [-0.2, -0.15) is 0 Å². The minimum absolute atomic E-state index is 0.0277. The molecule has 1 atom stereocenters. The highest BCUT2D eigenvalue weighted by Gasteiger charge is 2.18. The smallest absolute Gasteiger partial charge is 0.179 e. The number of ether oxygens (including phenoxy) is 1. The normalized spacial score (nSPS) is 13.1. The summed E-state index contributed by atoms with van der Waals surface area (Å²) in [4.78, 5) is 0.122. The van der Waals surface area contributed by atoms with Crippen LogP contribution in [0.1, 0.15) is 13.8 Å². The van der Waals surface area contributed by atoms with Crippen LogP contribution in [0.5, 0.6) is 5.75 Å². The van der Waals surface area contributed by atoms with Crippen LogP contribution in [-0.4, -0.2) is 32.5 Å². The largest absolute Gasteiger partial charge is 0.489 e. The zero-order valence-corrected chi connectivity index (χ0v) is 16.3. The first-order chi connectivity index (χ1) is 11.2. The molecular formula is C18H21BrO4S. The van der Waals surface area contributed by atoms with E-state index in [1.807, 2.05) is 38.1 Å². The number of hydrogen-bond acceptors (Lipinski definition) is 4. The quantitative estimate of drug-likeness (QED) is 0.780. The van der Waals surface area contributed by atoms with Gasteiger partial charge in [0.25, 0.3) is 0 Å². The Kier molecular flexibility index (Phi) is 6.06.